The van der Waals surface area contributed by atoms with Gasteiger partial charge in [-0.1, -0.05) is 48.0 Å². The molecule has 146 valence electrons. The number of nitrogens with zero attached hydrogens (tertiary/aromatic N) is 2. The van der Waals surface area contributed by atoms with Crippen molar-refractivity contribution in [1.29, 1.82) is 0 Å². The van der Waals surface area contributed by atoms with Crippen molar-refractivity contribution in [3.63, 3.8) is 0 Å². The van der Waals surface area contributed by atoms with Crippen molar-refractivity contribution in [2.45, 2.75) is 25.8 Å². The highest BCUT2D eigenvalue weighted by atomic mass is 35.5. The summed E-state index contributed by atoms with van der Waals surface area (Å²) in [6.45, 7) is 2.82. The van der Waals surface area contributed by atoms with Crippen molar-refractivity contribution in [3.05, 3.63) is 77.0 Å². The van der Waals surface area contributed by atoms with Gasteiger partial charge >= 0.3 is 0 Å². The van der Waals surface area contributed by atoms with E-state index in [9.17, 15) is 4.79 Å². The van der Waals surface area contributed by atoms with Crippen molar-refractivity contribution < 1.29 is 4.79 Å². The Morgan fingerprint density at radius 2 is 2.00 bits per heavy atom. The number of carbonyl (C=O) groups is 1. The zero-order valence-electron chi connectivity index (χ0n) is 16.3. The molecule has 0 saturated heterocycles. The smallest absolute Gasteiger partial charge is 0.232 e. The first-order chi connectivity index (χ1) is 14.2. The predicted molar refractivity (Wildman–Crippen MR) is 120 cm³/mol. The molecule has 2 heterocycles. The maximum Gasteiger partial charge on any atom is 0.232 e. The number of rotatable bonds is 5. The van der Waals surface area contributed by atoms with Gasteiger partial charge in [-0.2, -0.15) is 0 Å². The SMILES string of the molecule is C#CCCC(=O)n1cc(C2=CCN(Cc3ccccc3)CC2)c2cc(Cl)ccc21. The first kappa shape index (κ1) is 19.5. The molecule has 3 nitrogen and oxygen atoms in total. The number of hydrogen-bond acceptors (Lipinski definition) is 2. The van der Waals surface area contributed by atoms with Gasteiger partial charge in [0.2, 0.25) is 5.91 Å². The molecule has 0 N–H and O–H groups in total. The van der Waals surface area contributed by atoms with Gasteiger partial charge in [-0.05, 0) is 35.8 Å². The van der Waals surface area contributed by atoms with Crippen LogP contribution in [-0.4, -0.2) is 28.5 Å². The maximum atomic E-state index is 12.7. The summed E-state index contributed by atoms with van der Waals surface area (Å²) < 4.78 is 1.73. The molecule has 0 unspecified atom stereocenters. The average Bonchev–Trinajstić information content (AvgIpc) is 3.12. The van der Waals surface area contributed by atoms with Crippen LogP contribution in [0.25, 0.3) is 16.5 Å². The molecular formula is C25H23ClN2O. The normalized spacial score (nSPS) is 14.6. The molecule has 0 atom stereocenters. The van der Waals surface area contributed by atoms with E-state index in [-0.39, 0.29) is 5.91 Å². The fourth-order valence-corrected chi connectivity index (χ4v) is 4.08. The second-order valence-electron chi connectivity index (χ2n) is 7.37. The number of fused-ring (bicyclic) bond motifs is 1. The van der Waals surface area contributed by atoms with Crippen molar-refractivity contribution in [1.82, 2.24) is 9.47 Å². The van der Waals surface area contributed by atoms with Crippen LogP contribution in [-0.2, 0) is 6.54 Å². The van der Waals surface area contributed by atoms with Gasteiger partial charge in [0, 0.05) is 54.6 Å². The Hall–Kier alpha value is -2.80. The van der Waals surface area contributed by atoms with E-state index in [1.54, 1.807) is 4.57 Å². The molecule has 0 fully saturated rings. The highest BCUT2D eigenvalue weighted by Gasteiger charge is 2.19. The maximum absolute atomic E-state index is 12.7. The number of benzene rings is 2. The molecular weight excluding hydrogens is 380 g/mol. The molecule has 4 heteroatoms. The van der Waals surface area contributed by atoms with Crippen LogP contribution in [0.3, 0.4) is 0 Å². The first-order valence-electron chi connectivity index (χ1n) is 9.88. The quantitative estimate of drug-likeness (QED) is 0.516. The van der Waals surface area contributed by atoms with Crippen molar-refractivity contribution in [2.24, 2.45) is 0 Å². The third kappa shape index (κ3) is 4.29. The van der Waals surface area contributed by atoms with Crippen LogP contribution < -0.4 is 0 Å². The Balaban J connectivity index is 1.61. The Morgan fingerprint density at radius 3 is 2.72 bits per heavy atom. The van der Waals surface area contributed by atoms with Gasteiger partial charge in [-0.25, -0.2) is 0 Å². The minimum Gasteiger partial charge on any atom is -0.295 e. The third-order valence-electron chi connectivity index (χ3n) is 5.41. The molecule has 0 spiro atoms. The van der Waals surface area contributed by atoms with Gasteiger partial charge in [0.05, 0.1) is 5.52 Å². The molecule has 0 saturated carbocycles. The number of terminal acetylenes is 1. The summed E-state index contributed by atoms with van der Waals surface area (Å²) in [6, 6.07) is 16.2. The van der Waals surface area contributed by atoms with Gasteiger partial charge in [0.15, 0.2) is 0 Å². The molecule has 2 aromatic carbocycles. The van der Waals surface area contributed by atoms with E-state index in [2.05, 4.69) is 41.2 Å². The molecule has 0 bridgehead atoms. The Morgan fingerprint density at radius 1 is 1.17 bits per heavy atom. The lowest BCUT2D eigenvalue weighted by Gasteiger charge is -2.26. The minimum absolute atomic E-state index is 0.0173. The van der Waals surface area contributed by atoms with Gasteiger partial charge in [0.25, 0.3) is 0 Å². The van der Waals surface area contributed by atoms with E-state index in [0.717, 1.165) is 42.5 Å². The van der Waals surface area contributed by atoms with Gasteiger partial charge in [-0.3, -0.25) is 14.3 Å². The van der Waals surface area contributed by atoms with Crippen LogP contribution in [0.4, 0.5) is 0 Å². The lowest BCUT2D eigenvalue weighted by Crippen LogP contribution is -2.27. The summed E-state index contributed by atoms with van der Waals surface area (Å²) in [5, 5.41) is 1.70. The van der Waals surface area contributed by atoms with Crippen LogP contribution in [0.1, 0.15) is 35.2 Å². The second-order valence-corrected chi connectivity index (χ2v) is 7.81. The van der Waals surface area contributed by atoms with E-state index in [1.807, 2.05) is 30.5 Å². The summed E-state index contributed by atoms with van der Waals surface area (Å²) >= 11 is 6.27. The average molecular weight is 403 g/mol. The van der Waals surface area contributed by atoms with E-state index in [0.29, 0.717) is 17.9 Å². The summed E-state index contributed by atoms with van der Waals surface area (Å²) in [7, 11) is 0. The molecule has 0 amide bonds. The van der Waals surface area contributed by atoms with E-state index < -0.39 is 0 Å². The molecule has 0 radical (unpaired) electrons. The number of aromatic nitrogens is 1. The molecule has 29 heavy (non-hydrogen) atoms. The minimum atomic E-state index is 0.0173. The largest absolute Gasteiger partial charge is 0.295 e. The monoisotopic (exact) mass is 402 g/mol. The van der Waals surface area contributed by atoms with Crippen molar-refractivity contribution in [3.8, 4) is 12.3 Å². The predicted octanol–water partition coefficient (Wildman–Crippen LogP) is 5.64. The van der Waals surface area contributed by atoms with E-state index in [4.69, 9.17) is 18.0 Å². The topological polar surface area (TPSA) is 25.2 Å². The zero-order chi connectivity index (χ0) is 20.2. The summed E-state index contributed by atoms with van der Waals surface area (Å²) in [5.74, 6) is 2.57. The number of halogens is 1. The lowest BCUT2D eigenvalue weighted by molar-refractivity contribution is 0.0910. The van der Waals surface area contributed by atoms with Gasteiger partial charge in [-0.15, -0.1) is 12.3 Å². The molecule has 3 aromatic rings. The third-order valence-corrected chi connectivity index (χ3v) is 5.64. The standard InChI is InChI=1S/C25H23ClN2O/c1-2-3-9-25(29)28-18-23(22-16-21(26)10-11-24(22)28)20-12-14-27(15-13-20)17-19-7-5-4-6-8-19/h1,4-8,10-12,16,18H,3,9,13-15,17H2. The van der Waals surface area contributed by atoms with Gasteiger partial charge < -0.3 is 0 Å². The van der Waals surface area contributed by atoms with E-state index >= 15 is 0 Å². The van der Waals surface area contributed by atoms with Crippen LogP contribution in [0.2, 0.25) is 5.02 Å². The number of carbonyl (C=O) groups excluding carboxylic acids is 1. The van der Waals surface area contributed by atoms with Crippen molar-refractivity contribution in [2.75, 3.05) is 13.1 Å². The Labute approximate surface area is 176 Å². The second kappa shape index (κ2) is 8.69. The summed E-state index contributed by atoms with van der Waals surface area (Å²) in [4.78, 5) is 15.1. The lowest BCUT2D eigenvalue weighted by atomic mass is 9.98. The summed E-state index contributed by atoms with van der Waals surface area (Å²) in [5.41, 5.74) is 4.58. The molecule has 0 aliphatic carbocycles. The fraction of sp³-hybridized carbons (Fsp3) is 0.240. The molecule has 1 aliphatic rings. The summed E-state index contributed by atoms with van der Waals surface area (Å²) in [6.07, 6.45) is 11.3. The van der Waals surface area contributed by atoms with E-state index in [1.165, 1.54) is 11.1 Å². The van der Waals surface area contributed by atoms with Gasteiger partial charge in [0.1, 0.15) is 0 Å². The first-order valence-corrected chi connectivity index (χ1v) is 10.3. The van der Waals surface area contributed by atoms with Crippen LogP contribution in [0, 0.1) is 12.3 Å². The van der Waals surface area contributed by atoms with Crippen LogP contribution in [0.15, 0.2) is 60.8 Å². The highest BCUT2D eigenvalue weighted by Crippen LogP contribution is 2.33. The Kier molecular flexibility index (Phi) is 5.85. The van der Waals surface area contributed by atoms with Crippen molar-refractivity contribution >= 4 is 34.0 Å². The number of hydrogen-bond donors (Lipinski definition) is 0. The van der Waals surface area contributed by atoms with Crippen LogP contribution in [0.5, 0.6) is 0 Å². The fourth-order valence-electron chi connectivity index (χ4n) is 3.91. The molecule has 4 rings (SSSR count). The Bertz CT molecular complexity index is 1110. The zero-order valence-corrected chi connectivity index (χ0v) is 17.0. The van der Waals surface area contributed by atoms with Crippen LogP contribution >= 0.6 is 11.6 Å². The highest BCUT2D eigenvalue weighted by molar-refractivity contribution is 6.31. The molecule has 1 aromatic heterocycles. The molecule has 1 aliphatic heterocycles.